The second-order valence-corrected chi connectivity index (χ2v) is 8.56. The van der Waals surface area contributed by atoms with Crippen LogP contribution in [0.5, 0.6) is 0 Å². The van der Waals surface area contributed by atoms with Gasteiger partial charge >= 0.3 is 0 Å². The van der Waals surface area contributed by atoms with E-state index in [4.69, 9.17) is 0 Å². The smallest absolute Gasteiger partial charge is 0.285 e. The summed E-state index contributed by atoms with van der Waals surface area (Å²) in [4.78, 5) is 14.8. The SMILES string of the molecule is CNC1CCCN(C(=O)c2ccc(NC3=NS(=O)(=O)c4ccccc43)cc2)C1. The van der Waals surface area contributed by atoms with Crippen LogP contribution < -0.4 is 10.6 Å². The first kappa shape index (κ1) is 18.6. The van der Waals surface area contributed by atoms with Crippen molar-refractivity contribution in [3.8, 4) is 0 Å². The van der Waals surface area contributed by atoms with Gasteiger partial charge in [0.1, 0.15) is 4.90 Å². The highest BCUT2D eigenvalue weighted by Crippen LogP contribution is 2.26. The average molecular weight is 398 g/mol. The van der Waals surface area contributed by atoms with E-state index < -0.39 is 10.0 Å². The highest BCUT2D eigenvalue weighted by molar-refractivity contribution is 7.90. The second kappa shape index (κ2) is 7.37. The molecule has 1 amide bonds. The van der Waals surface area contributed by atoms with Gasteiger partial charge in [0.25, 0.3) is 15.9 Å². The number of piperidine rings is 1. The zero-order valence-electron chi connectivity index (χ0n) is 15.6. The maximum absolute atomic E-state index is 12.7. The van der Waals surface area contributed by atoms with Crippen LogP contribution in [0, 0.1) is 0 Å². The molecule has 2 aromatic carbocycles. The lowest BCUT2D eigenvalue weighted by Crippen LogP contribution is -2.46. The molecular formula is C20H22N4O3S. The number of amidine groups is 1. The number of nitrogens with zero attached hydrogens (tertiary/aromatic N) is 2. The molecule has 1 unspecified atom stereocenters. The molecule has 1 fully saturated rings. The molecule has 4 rings (SSSR count). The Balaban J connectivity index is 1.49. The van der Waals surface area contributed by atoms with Crippen LogP contribution >= 0.6 is 0 Å². The molecule has 1 saturated heterocycles. The van der Waals surface area contributed by atoms with E-state index in [-0.39, 0.29) is 10.8 Å². The number of benzene rings is 2. The average Bonchev–Trinajstić information content (AvgIpc) is 2.98. The van der Waals surface area contributed by atoms with E-state index in [9.17, 15) is 13.2 Å². The van der Waals surface area contributed by atoms with Gasteiger partial charge < -0.3 is 15.5 Å². The van der Waals surface area contributed by atoms with Crippen molar-refractivity contribution in [3.05, 3.63) is 59.7 Å². The van der Waals surface area contributed by atoms with Crippen LogP contribution in [0.2, 0.25) is 0 Å². The van der Waals surface area contributed by atoms with E-state index in [2.05, 4.69) is 15.0 Å². The van der Waals surface area contributed by atoms with Crippen molar-refractivity contribution >= 4 is 27.5 Å². The van der Waals surface area contributed by atoms with Crippen molar-refractivity contribution in [1.82, 2.24) is 10.2 Å². The Kier molecular flexibility index (Phi) is 4.91. The molecule has 0 aliphatic carbocycles. The maximum Gasteiger partial charge on any atom is 0.285 e. The first-order chi connectivity index (χ1) is 13.5. The Morgan fingerprint density at radius 1 is 1.14 bits per heavy atom. The fourth-order valence-electron chi connectivity index (χ4n) is 3.61. The van der Waals surface area contributed by atoms with Gasteiger partial charge in [0, 0.05) is 35.9 Å². The van der Waals surface area contributed by atoms with Crippen LogP contribution in [0.25, 0.3) is 0 Å². The number of likely N-dealkylation sites (N-methyl/N-ethyl adjacent to an activating group) is 1. The Bertz CT molecular complexity index is 1030. The van der Waals surface area contributed by atoms with Gasteiger partial charge in [-0.15, -0.1) is 4.40 Å². The van der Waals surface area contributed by atoms with Gasteiger partial charge in [-0.2, -0.15) is 8.42 Å². The van der Waals surface area contributed by atoms with Crippen molar-refractivity contribution in [2.45, 2.75) is 23.8 Å². The van der Waals surface area contributed by atoms with Gasteiger partial charge in [-0.05, 0) is 56.3 Å². The Morgan fingerprint density at radius 2 is 1.89 bits per heavy atom. The fourth-order valence-corrected chi connectivity index (χ4v) is 4.78. The van der Waals surface area contributed by atoms with E-state index in [1.807, 2.05) is 11.9 Å². The zero-order chi connectivity index (χ0) is 19.7. The Hall–Kier alpha value is -2.71. The maximum atomic E-state index is 12.7. The van der Waals surface area contributed by atoms with Gasteiger partial charge in [-0.3, -0.25) is 4.79 Å². The number of sulfonamides is 1. The molecule has 1 atom stereocenters. The van der Waals surface area contributed by atoms with E-state index >= 15 is 0 Å². The summed E-state index contributed by atoms with van der Waals surface area (Å²) < 4.78 is 28.1. The molecule has 2 heterocycles. The van der Waals surface area contributed by atoms with E-state index in [0.717, 1.165) is 19.4 Å². The number of amides is 1. The number of likely N-dealkylation sites (tertiary alicyclic amines) is 1. The molecule has 0 saturated carbocycles. The largest absolute Gasteiger partial charge is 0.339 e. The van der Waals surface area contributed by atoms with Crippen LogP contribution in [0.15, 0.2) is 57.8 Å². The number of carbonyl (C=O) groups is 1. The topological polar surface area (TPSA) is 90.9 Å². The van der Waals surface area contributed by atoms with Gasteiger partial charge in [0.2, 0.25) is 0 Å². The molecule has 2 aliphatic rings. The van der Waals surface area contributed by atoms with Gasteiger partial charge in [-0.1, -0.05) is 12.1 Å². The summed E-state index contributed by atoms with van der Waals surface area (Å²) in [6.07, 6.45) is 2.07. The van der Waals surface area contributed by atoms with E-state index in [1.165, 1.54) is 0 Å². The summed E-state index contributed by atoms with van der Waals surface area (Å²) in [5, 5.41) is 6.29. The molecule has 8 heteroatoms. The van der Waals surface area contributed by atoms with Crippen molar-refractivity contribution in [2.75, 3.05) is 25.5 Å². The number of hydrogen-bond donors (Lipinski definition) is 2. The lowest BCUT2D eigenvalue weighted by Gasteiger charge is -2.32. The highest BCUT2D eigenvalue weighted by atomic mass is 32.2. The lowest BCUT2D eigenvalue weighted by molar-refractivity contribution is 0.0698. The minimum Gasteiger partial charge on any atom is -0.339 e. The molecule has 2 aromatic rings. The highest BCUT2D eigenvalue weighted by Gasteiger charge is 2.28. The molecule has 0 bridgehead atoms. The molecule has 0 aromatic heterocycles. The van der Waals surface area contributed by atoms with E-state index in [0.29, 0.717) is 35.2 Å². The summed E-state index contributed by atoms with van der Waals surface area (Å²) in [5.41, 5.74) is 1.84. The van der Waals surface area contributed by atoms with Crippen molar-refractivity contribution in [1.29, 1.82) is 0 Å². The predicted molar refractivity (Wildman–Crippen MR) is 108 cm³/mol. The molecular weight excluding hydrogens is 376 g/mol. The van der Waals surface area contributed by atoms with Crippen molar-refractivity contribution < 1.29 is 13.2 Å². The number of rotatable bonds is 3. The number of fused-ring (bicyclic) bond motifs is 1. The lowest BCUT2D eigenvalue weighted by atomic mass is 10.0. The third kappa shape index (κ3) is 3.53. The standard InChI is InChI=1S/C20H22N4O3S/c1-21-16-5-4-12-24(13-16)20(25)14-8-10-15(11-9-14)22-19-17-6-2-3-7-18(17)28(26,27)23-19/h2-3,6-11,16,21H,4-5,12-13H2,1H3,(H,22,23). The first-order valence-corrected chi connectivity index (χ1v) is 10.7. The number of anilines is 1. The van der Waals surface area contributed by atoms with Crippen LogP contribution in [0.1, 0.15) is 28.8 Å². The first-order valence-electron chi connectivity index (χ1n) is 9.26. The van der Waals surface area contributed by atoms with Gasteiger partial charge in [0.15, 0.2) is 5.84 Å². The monoisotopic (exact) mass is 398 g/mol. The zero-order valence-corrected chi connectivity index (χ0v) is 16.4. The Morgan fingerprint density at radius 3 is 2.64 bits per heavy atom. The quantitative estimate of drug-likeness (QED) is 0.826. The number of carbonyl (C=O) groups excluding carboxylic acids is 1. The van der Waals surface area contributed by atoms with Crippen LogP contribution in [0.4, 0.5) is 5.69 Å². The molecule has 0 radical (unpaired) electrons. The summed E-state index contributed by atoms with van der Waals surface area (Å²) in [6.45, 7) is 1.48. The molecule has 7 nitrogen and oxygen atoms in total. The normalized spacial score (nSPS) is 20.4. The summed E-state index contributed by atoms with van der Waals surface area (Å²) in [7, 11) is -1.74. The summed E-state index contributed by atoms with van der Waals surface area (Å²) in [5.74, 6) is 0.306. The summed E-state index contributed by atoms with van der Waals surface area (Å²) >= 11 is 0. The third-order valence-corrected chi connectivity index (χ3v) is 6.48. The molecule has 0 spiro atoms. The number of nitrogens with one attached hydrogen (secondary N) is 2. The van der Waals surface area contributed by atoms with Crippen molar-refractivity contribution in [3.63, 3.8) is 0 Å². The molecule has 2 aliphatic heterocycles. The summed E-state index contributed by atoms with van der Waals surface area (Å²) in [6, 6.07) is 14.1. The van der Waals surface area contributed by atoms with Crippen LogP contribution in [-0.4, -0.2) is 51.2 Å². The van der Waals surface area contributed by atoms with Crippen LogP contribution in [-0.2, 0) is 10.0 Å². The fraction of sp³-hybridized carbons (Fsp3) is 0.300. The van der Waals surface area contributed by atoms with Crippen molar-refractivity contribution in [2.24, 2.45) is 4.40 Å². The van der Waals surface area contributed by atoms with Gasteiger partial charge in [-0.25, -0.2) is 0 Å². The molecule has 146 valence electrons. The molecule has 2 N–H and O–H groups in total. The Labute approximate surface area is 164 Å². The third-order valence-electron chi connectivity index (χ3n) is 5.14. The van der Waals surface area contributed by atoms with Crippen LogP contribution in [0.3, 0.4) is 0 Å². The minimum absolute atomic E-state index is 0.0117. The van der Waals surface area contributed by atoms with E-state index in [1.54, 1.807) is 48.5 Å². The van der Waals surface area contributed by atoms with Gasteiger partial charge in [0.05, 0.1) is 0 Å². The second-order valence-electron chi connectivity index (χ2n) is 6.99. The minimum atomic E-state index is -3.66. The predicted octanol–water partition coefficient (Wildman–Crippen LogP) is 2.07. The molecule has 28 heavy (non-hydrogen) atoms. The number of hydrogen-bond acceptors (Lipinski definition) is 5.